The van der Waals surface area contributed by atoms with Gasteiger partial charge in [0.1, 0.15) is 5.82 Å². The molecule has 2 aliphatic heterocycles. The van der Waals surface area contributed by atoms with Crippen molar-refractivity contribution in [2.45, 2.75) is 45.2 Å². The van der Waals surface area contributed by atoms with Gasteiger partial charge >= 0.3 is 0 Å². The first-order chi connectivity index (χ1) is 9.15. The molecule has 0 aromatic carbocycles. The molecule has 2 fully saturated rings. The van der Waals surface area contributed by atoms with Crippen molar-refractivity contribution in [1.82, 2.24) is 14.9 Å². The number of nitrogens with two attached hydrogens (primary N) is 1. The molecule has 3 rings (SSSR count). The smallest absolute Gasteiger partial charge is 0.221 e. The van der Waals surface area contributed by atoms with E-state index < -0.39 is 0 Å². The minimum Gasteiger partial charge on any atom is -0.368 e. The molecule has 1 aromatic heterocycles. The van der Waals surface area contributed by atoms with Gasteiger partial charge in [0.15, 0.2) is 0 Å². The fraction of sp³-hybridized carbons (Fsp3) is 0.714. The Balaban J connectivity index is 1.85. The van der Waals surface area contributed by atoms with Crippen LogP contribution in [0.1, 0.15) is 31.7 Å². The molecule has 0 saturated carbocycles. The standard InChI is InChI=1S/C14H23N5/c1-10-7-16-14(15)17-13(10)19-9-12-5-3-4-6-18(12)8-11(19)2/h7,11-12H,3-6,8-9H2,1-2H3,(H2,15,16,17). The Morgan fingerprint density at radius 3 is 3.00 bits per heavy atom. The molecule has 2 saturated heterocycles. The molecular formula is C14H23N5. The Morgan fingerprint density at radius 1 is 1.32 bits per heavy atom. The average molecular weight is 261 g/mol. The van der Waals surface area contributed by atoms with Crippen LogP contribution in [0, 0.1) is 6.92 Å². The number of aryl methyl sites for hydroxylation is 1. The first-order valence-electron chi connectivity index (χ1n) is 7.25. The van der Waals surface area contributed by atoms with Gasteiger partial charge in [-0.15, -0.1) is 0 Å². The third-order valence-electron chi connectivity index (χ3n) is 4.42. The lowest BCUT2D eigenvalue weighted by atomic mass is 9.97. The average Bonchev–Trinajstić information content (AvgIpc) is 2.41. The zero-order chi connectivity index (χ0) is 13.4. The van der Waals surface area contributed by atoms with Gasteiger partial charge in [-0.05, 0) is 33.2 Å². The molecule has 0 radical (unpaired) electrons. The van der Waals surface area contributed by atoms with Gasteiger partial charge in [0.25, 0.3) is 0 Å². The number of aromatic nitrogens is 2. The van der Waals surface area contributed by atoms with Gasteiger partial charge in [0, 0.05) is 36.9 Å². The van der Waals surface area contributed by atoms with Crippen molar-refractivity contribution < 1.29 is 0 Å². The van der Waals surface area contributed by atoms with Crippen LogP contribution < -0.4 is 10.6 Å². The summed E-state index contributed by atoms with van der Waals surface area (Å²) in [5, 5.41) is 0. The Morgan fingerprint density at radius 2 is 2.16 bits per heavy atom. The summed E-state index contributed by atoms with van der Waals surface area (Å²) in [6.07, 6.45) is 5.84. The third-order valence-corrected chi connectivity index (χ3v) is 4.42. The largest absolute Gasteiger partial charge is 0.368 e. The van der Waals surface area contributed by atoms with E-state index in [0.29, 0.717) is 18.0 Å². The Labute approximate surface area is 114 Å². The van der Waals surface area contributed by atoms with Crippen LogP contribution in [0.5, 0.6) is 0 Å². The SMILES string of the molecule is Cc1cnc(N)nc1N1CC2CCCCN2CC1C. The number of piperazine rings is 1. The molecule has 2 atom stereocenters. The quantitative estimate of drug-likeness (QED) is 0.828. The maximum absolute atomic E-state index is 5.75. The summed E-state index contributed by atoms with van der Waals surface area (Å²) >= 11 is 0. The molecule has 3 heterocycles. The molecule has 0 aliphatic carbocycles. The minimum atomic E-state index is 0.374. The molecule has 104 valence electrons. The number of anilines is 2. The van der Waals surface area contributed by atoms with Crippen molar-refractivity contribution in [3.8, 4) is 0 Å². The molecule has 19 heavy (non-hydrogen) atoms. The van der Waals surface area contributed by atoms with Crippen molar-refractivity contribution >= 4 is 11.8 Å². The topological polar surface area (TPSA) is 58.3 Å². The summed E-state index contributed by atoms with van der Waals surface area (Å²) in [5.74, 6) is 1.39. The van der Waals surface area contributed by atoms with Gasteiger partial charge in [0.2, 0.25) is 5.95 Å². The summed E-state index contributed by atoms with van der Waals surface area (Å²) in [7, 11) is 0. The van der Waals surface area contributed by atoms with E-state index in [1.165, 1.54) is 25.8 Å². The van der Waals surface area contributed by atoms with Gasteiger partial charge in [-0.25, -0.2) is 4.98 Å². The highest BCUT2D eigenvalue weighted by atomic mass is 15.3. The Bertz CT molecular complexity index is 461. The molecular weight excluding hydrogens is 238 g/mol. The molecule has 5 heteroatoms. The number of nitrogen functional groups attached to an aromatic ring is 1. The van der Waals surface area contributed by atoms with Crippen molar-refractivity contribution in [3.05, 3.63) is 11.8 Å². The van der Waals surface area contributed by atoms with E-state index >= 15 is 0 Å². The lowest BCUT2D eigenvalue weighted by molar-refractivity contribution is 0.115. The molecule has 0 bridgehead atoms. The fourth-order valence-corrected chi connectivity index (χ4v) is 3.38. The number of fused-ring (bicyclic) bond motifs is 1. The highest BCUT2D eigenvalue weighted by molar-refractivity contribution is 5.49. The van der Waals surface area contributed by atoms with Gasteiger partial charge in [0.05, 0.1) is 0 Å². The molecule has 2 N–H and O–H groups in total. The second-order valence-electron chi connectivity index (χ2n) is 5.88. The van der Waals surface area contributed by atoms with Gasteiger partial charge in [-0.3, -0.25) is 4.90 Å². The first-order valence-corrected chi connectivity index (χ1v) is 7.25. The maximum atomic E-state index is 5.75. The molecule has 0 spiro atoms. The lowest BCUT2D eigenvalue weighted by Crippen LogP contribution is -2.59. The molecule has 2 aliphatic rings. The summed E-state index contributed by atoms with van der Waals surface area (Å²) in [4.78, 5) is 13.6. The van der Waals surface area contributed by atoms with Crippen molar-refractivity contribution in [1.29, 1.82) is 0 Å². The highest BCUT2D eigenvalue weighted by Crippen LogP contribution is 2.28. The molecule has 5 nitrogen and oxygen atoms in total. The second-order valence-corrected chi connectivity index (χ2v) is 5.88. The van der Waals surface area contributed by atoms with Crippen LogP contribution in [-0.2, 0) is 0 Å². The van der Waals surface area contributed by atoms with Crippen LogP contribution >= 0.6 is 0 Å². The lowest BCUT2D eigenvalue weighted by Gasteiger charge is -2.48. The van der Waals surface area contributed by atoms with Crippen LogP contribution in [0.25, 0.3) is 0 Å². The number of nitrogens with zero attached hydrogens (tertiary/aromatic N) is 4. The van der Waals surface area contributed by atoms with E-state index in [4.69, 9.17) is 5.73 Å². The number of piperidine rings is 1. The van der Waals surface area contributed by atoms with E-state index in [9.17, 15) is 0 Å². The normalized spacial score (nSPS) is 28.2. The van der Waals surface area contributed by atoms with Crippen LogP contribution in [-0.4, -0.2) is 46.6 Å². The fourth-order valence-electron chi connectivity index (χ4n) is 3.38. The van der Waals surface area contributed by atoms with Gasteiger partial charge < -0.3 is 10.6 Å². The summed E-state index contributed by atoms with van der Waals surface area (Å²) in [6.45, 7) is 7.80. The van der Waals surface area contributed by atoms with Crippen LogP contribution in [0.4, 0.5) is 11.8 Å². The van der Waals surface area contributed by atoms with E-state index in [2.05, 4.69) is 33.6 Å². The van der Waals surface area contributed by atoms with E-state index in [1.54, 1.807) is 0 Å². The van der Waals surface area contributed by atoms with Crippen LogP contribution in [0.2, 0.25) is 0 Å². The summed E-state index contributed by atoms with van der Waals surface area (Å²) in [5.41, 5.74) is 6.87. The van der Waals surface area contributed by atoms with Crippen molar-refractivity contribution in [3.63, 3.8) is 0 Å². The number of rotatable bonds is 1. The number of hydrogen-bond donors (Lipinski definition) is 1. The first kappa shape index (κ1) is 12.7. The molecule has 1 aromatic rings. The predicted molar refractivity (Wildman–Crippen MR) is 77.2 cm³/mol. The molecule has 0 amide bonds. The second kappa shape index (κ2) is 4.96. The Hall–Kier alpha value is -1.36. The molecule has 2 unspecified atom stereocenters. The van der Waals surface area contributed by atoms with Crippen molar-refractivity contribution in [2.75, 3.05) is 30.3 Å². The Kier molecular flexibility index (Phi) is 3.31. The number of hydrogen-bond acceptors (Lipinski definition) is 5. The van der Waals surface area contributed by atoms with Crippen LogP contribution in [0.15, 0.2) is 6.20 Å². The van der Waals surface area contributed by atoms with Gasteiger partial charge in [-0.1, -0.05) is 6.42 Å². The van der Waals surface area contributed by atoms with Crippen molar-refractivity contribution in [2.24, 2.45) is 0 Å². The summed E-state index contributed by atoms with van der Waals surface area (Å²) in [6, 6.07) is 1.17. The third kappa shape index (κ3) is 2.39. The maximum Gasteiger partial charge on any atom is 0.221 e. The van der Waals surface area contributed by atoms with E-state index in [1.807, 2.05) is 6.20 Å². The zero-order valence-corrected chi connectivity index (χ0v) is 11.8. The zero-order valence-electron chi connectivity index (χ0n) is 11.8. The predicted octanol–water partition coefficient (Wildman–Crippen LogP) is 1.43. The highest BCUT2D eigenvalue weighted by Gasteiger charge is 2.34. The van der Waals surface area contributed by atoms with E-state index in [-0.39, 0.29) is 0 Å². The summed E-state index contributed by atoms with van der Waals surface area (Å²) < 4.78 is 0. The minimum absolute atomic E-state index is 0.374. The van der Waals surface area contributed by atoms with Gasteiger partial charge in [-0.2, -0.15) is 4.98 Å². The van der Waals surface area contributed by atoms with Crippen LogP contribution in [0.3, 0.4) is 0 Å². The monoisotopic (exact) mass is 261 g/mol. The van der Waals surface area contributed by atoms with E-state index in [0.717, 1.165) is 24.5 Å².